The van der Waals surface area contributed by atoms with Gasteiger partial charge < -0.3 is 5.11 Å². The fourth-order valence-corrected chi connectivity index (χ4v) is 5.10. The van der Waals surface area contributed by atoms with E-state index in [9.17, 15) is 9.90 Å². The minimum atomic E-state index is -0.445. The first-order chi connectivity index (χ1) is 7.90. The van der Waals surface area contributed by atoms with Crippen molar-refractivity contribution in [2.24, 2.45) is 17.3 Å². The van der Waals surface area contributed by atoms with Crippen LogP contribution in [0.3, 0.4) is 0 Å². The fourth-order valence-electron chi connectivity index (χ4n) is 5.10. The maximum absolute atomic E-state index is 12.0. The summed E-state index contributed by atoms with van der Waals surface area (Å²) in [6.45, 7) is 5.56. The van der Waals surface area contributed by atoms with Gasteiger partial charge in [0.05, 0.1) is 5.60 Å². The van der Waals surface area contributed by atoms with Crippen molar-refractivity contribution < 1.29 is 9.90 Å². The van der Waals surface area contributed by atoms with E-state index in [2.05, 4.69) is 6.58 Å². The fraction of sp³-hybridized carbons (Fsp3) is 0.800. The van der Waals surface area contributed by atoms with Gasteiger partial charge in [-0.3, -0.25) is 4.79 Å². The summed E-state index contributed by atoms with van der Waals surface area (Å²) in [4.78, 5) is 12.0. The minimum Gasteiger partial charge on any atom is -0.390 e. The van der Waals surface area contributed by atoms with Gasteiger partial charge in [-0.2, -0.15) is 0 Å². The topological polar surface area (TPSA) is 37.3 Å². The molecular weight excluding hydrogens is 212 g/mol. The first kappa shape index (κ1) is 11.5. The SMILES string of the molecule is C=C(C)C(=O)CC12CC3CC(CC(O)(C3)C1)C2. The zero-order chi connectivity index (χ0) is 12.3. The summed E-state index contributed by atoms with van der Waals surface area (Å²) < 4.78 is 0. The molecule has 0 saturated heterocycles. The van der Waals surface area contributed by atoms with Crippen LogP contribution in [0.5, 0.6) is 0 Å². The molecule has 4 rings (SSSR count). The van der Waals surface area contributed by atoms with Crippen LogP contribution >= 0.6 is 0 Å². The molecule has 0 spiro atoms. The van der Waals surface area contributed by atoms with Crippen LogP contribution in [0.1, 0.15) is 51.9 Å². The third kappa shape index (κ3) is 1.87. The molecule has 4 saturated carbocycles. The minimum absolute atomic E-state index is 0.106. The second-order valence-corrected chi connectivity index (χ2v) is 7.07. The van der Waals surface area contributed by atoms with Crippen LogP contribution in [-0.4, -0.2) is 16.5 Å². The molecule has 4 fully saturated rings. The smallest absolute Gasteiger partial charge is 0.158 e. The Bertz CT molecular complexity index is 368. The van der Waals surface area contributed by atoms with Gasteiger partial charge in [0, 0.05) is 6.42 Å². The summed E-state index contributed by atoms with van der Waals surface area (Å²) in [5.74, 6) is 1.54. The van der Waals surface area contributed by atoms with E-state index >= 15 is 0 Å². The number of Topliss-reactive ketones (excluding diaryl/α,β-unsaturated/α-hetero) is 1. The van der Waals surface area contributed by atoms with Gasteiger partial charge in [-0.25, -0.2) is 0 Å². The van der Waals surface area contributed by atoms with Crippen LogP contribution in [0, 0.1) is 17.3 Å². The molecule has 2 unspecified atom stereocenters. The zero-order valence-electron chi connectivity index (χ0n) is 10.7. The third-order valence-corrected chi connectivity index (χ3v) is 5.16. The van der Waals surface area contributed by atoms with E-state index in [1.165, 1.54) is 6.42 Å². The molecule has 17 heavy (non-hydrogen) atoms. The Labute approximate surface area is 103 Å². The Morgan fingerprint density at radius 2 is 1.88 bits per heavy atom. The summed E-state index contributed by atoms with van der Waals surface area (Å²) in [6.07, 6.45) is 7.03. The van der Waals surface area contributed by atoms with E-state index in [0.717, 1.165) is 32.1 Å². The molecular formula is C15H22O2. The monoisotopic (exact) mass is 234 g/mol. The summed E-state index contributed by atoms with van der Waals surface area (Å²) in [5, 5.41) is 10.6. The van der Waals surface area contributed by atoms with Gasteiger partial charge in [0.25, 0.3) is 0 Å². The molecule has 0 aromatic carbocycles. The van der Waals surface area contributed by atoms with Crippen molar-refractivity contribution in [2.75, 3.05) is 0 Å². The molecule has 4 bridgehead atoms. The van der Waals surface area contributed by atoms with Gasteiger partial charge in [-0.05, 0) is 68.3 Å². The molecule has 0 amide bonds. The largest absolute Gasteiger partial charge is 0.390 e. The molecule has 0 aromatic rings. The third-order valence-electron chi connectivity index (χ3n) is 5.16. The van der Waals surface area contributed by atoms with Crippen molar-refractivity contribution in [1.82, 2.24) is 0 Å². The number of aliphatic hydroxyl groups is 1. The molecule has 4 aliphatic carbocycles. The molecule has 94 valence electrons. The number of hydrogen-bond donors (Lipinski definition) is 1. The lowest BCUT2D eigenvalue weighted by Crippen LogP contribution is -2.56. The molecule has 0 heterocycles. The Balaban J connectivity index is 1.83. The van der Waals surface area contributed by atoms with Crippen LogP contribution < -0.4 is 0 Å². The Morgan fingerprint density at radius 3 is 2.35 bits per heavy atom. The predicted molar refractivity (Wildman–Crippen MR) is 66.5 cm³/mol. The molecule has 0 radical (unpaired) electrons. The first-order valence-corrected chi connectivity index (χ1v) is 6.81. The highest BCUT2D eigenvalue weighted by molar-refractivity contribution is 5.94. The summed E-state index contributed by atoms with van der Waals surface area (Å²) in [7, 11) is 0. The number of carbonyl (C=O) groups is 1. The van der Waals surface area contributed by atoms with Gasteiger partial charge in [-0.1, -0.05) is 6.58 Å². The highest BCUT2D eigenvalue weighted by Gasteiger charge is 2.57. The number of rotatable bonds is 3. The summed E-state index contributed by atoms with van der Waals surface area (Å²) in [5.41, 5.74) is 0.335. The quantitative estimate of drug-likeness (QED) is 0.762. The molecule has 4 aliphatic rings. The van der Waals surface area contributed by atoms with E-state index in [1.807, 2.05) is 0 Å². The summed E-state index contributed by atoms with van der Waals surface area (Å²) >= 11 is 0. The number of ketones is 1. The molecule has 0 aliphatic heterocycles. The van der Waals surface area contributed by atoms with E-state index in [4.69, 9.17) is 0 Å². The van der Waals surface area contributed by atoms with Crippen molar-refractivity contribution >= 4 is 5.78 Å². The van der Waals surface area contributed by atoms with Crippen molar-refractivity contribution in [3.8, 4) is 0 Å². The lowest BCUT2D eigenvalue weighted by atomic mass is 9.47. The van der Waals surface area contributed by atoms with E-state index in [1.54, 1.807) is 6.92 Å². The van der Waals surface area contributed by atoms with E-state index < -0.39 is 5.60 Å². The first-order valence-electron chi connectivity index (χ1n) is 6.81. The molecule has 1 N–H and O–H groups in total. The van der Waals surface area contributed by atoms with Crippen molar-refractivity contribution in [1.29, 1.82) is 0 Å². The van der Waals surface area contributed by atoms with Crippen LogP contribution in [0.15, 0.2) is 12.2 Å². The highest BCUT2D eigenvalue weighted by Crippen LogP contribution is 2.62. The van der Waals surface area contributed by atoms with Gasteiger partial charge >= 0.3 is 0 Å². The van der Waals surface area contributed by atoms with Gasteiger partial charge in [0.1, 0.15) is 0 Å². The Hall–Kier alpha value is -0.630. The maximum Gasteiger partial charge on any atom is 0.158 e. The Kier molecular flexibility index (Phi) is 2.32. The number of carbonyl (C=O) groups excluding carboxylic acids is 1. The van der Waals surface area contributed by atoms with Gasteiger partial charge in [0.15, 0.2) is 5.78 Å². The van der Waals surface area contributed by atoms with E-state index in [-0.39, 0.29) is 11.2 Å². The average Bonchev–Trinajstić information content (AvgIpc) is 2.11. The van der Waals surface area contributed by atoms with Gasteiger partial charge in [-0.15, -0.1) is 0 Å². The standard InChI is InChI=1S/C15H22O2/c1-10(2)13(16)8-14-4-11-3-12(5-14)7-15(17,6-11)9-14/h11-12,17H,1,3-9H2,2H3. The zero-order valence-corrected chi connectivity index (χ0v) is 10.7. The van der Waals surface area contributed by atoms with Crippen molar-refractivity contribution in [2.45, 2.75) is 57.5 Å². The van der Waals surface area contributed by atoms with Crippen LogP contribution in [0.25, 0.3) is 0 Å². The van der Waals surface area contributed by atoms with Crippen LogP contribution in [0.4, 0.5) is 0 Å². The predicted octanol–water partition coefficient (Wildman–Crippen LogP) is 2.85. The lowest BCUT2D eigenvalue weighted by molar-refractivity contribution is -0.167. The normalized spacial score (nSPS) is 47.2. The Morgan fingerprint density at radius 1 is 1.29 bits per heavy atom. The second kappa shape index (κ2) is 3.44. The van der Waals surface area contributed by atoms with Crippen LogP contribution in [-0.2, 0) is 4.79 Å². The molecule has 2 heteroatoms. The lowest BCUT2D eigenvalue weighted by Gasteiger charge is -2.60. The number of allylic oxidation sites excluding steroid dienone is 1. The van der Waals surface area contributed by atoms with Crippen molar-refractivity contribution in [3.05, 3.63) is 12.2 Å². The van der Waals surface area contributed by atoms with Gasteiger partial charge in [0.2, 0.25) is 0 Å². The molecule has 2 atom stereocenters. The maximum atomic E-state index is 12.0. The van der Waals surface area contributed by atoms with E-state index in [0.29, 0.717) is 23.8 Å². The molecule has 0 aromatic heterocycles. The average molecular weight is 234 g/mol. The number of hydrogen-bond acceptors (Lipinski definition) is 2. The second-order valence-electron chi connectivity index (χ2n) is 7.07. The highest BCUT2D eigenvalue weighted by atomic mass is 16.3. The van der Waals surface area contributed by atoms with Crippen molar-refractivity contribution in [3.63, 3.8) is 0 Å². The van der Waals surface area contributed by atoms with Crippen LogP contribution in [0.2, 0.25) is 0 Å². The molecule has 2 nitrogen and oxygen atoms in total. The summed E-state index contributed by atoms with van der Waals surface area (Å²) in [6, 6.07) is 0.